The Labute approximate surface area is 204 Å². The van der Waals surface area contributed by atoms with E-state index in [9.17, 15) is 14.4 Å². The Balaban J connectivity index is 2.13. The Morgan fingerprint density at radius 3 is 2.15 bits per heavy atom. The molecule has 0 aliphatic rings. The highest BCUT2D eigenvalue weighted by Crippen LogP contribution is 2.32. The normalized spacial score (nSPS) is 10.8. The molecule has 8 heteroatoms. The highest BCUT2D eigenvalue weighted by molar-refractivity contribution is 9.10. The van der Waals surface area contributed by atoms with Gasteiger partial charge in [0.25, 0.3) is 0 Å². The van der Waals surface area contributed by atoms with Crippen molar-refractivity contribution in [3.05, 3.63) is 93.7 Å². The van der Waals surface area contributed by atoms with Gasteiger partial charge in [0.1, 0.15) is 16.8 Å². The highest BCUT2D eigenvalue weighted by Gasteiger charge is 2.34. The highest BCUT2D eigenvalue weighted by atomic mass is 79.9. The van der Waals surface area contributed by atoms with E-state index in [0.717, 1.165) is 4.47 Å². The molecule has 7 nitrogen and oxygen atoms in total. The van der Waals surface area contributed by atoms with E-state index in [-0.39, 0.29) is 30.0 Å². The molecule has 0 saturated carbocycles. The van der Waals surface area contributed by atoms with Crippen LogP contribution in [0.2, 0.25) is 0 Å². The number of pyridine rings is 2. The van der Waals surface area contributed by atoms with Crippen molar-refractivity contribution >= 4 is 39.2 Å². The zero-order valence-corrected chi connectivity index (χ0v) is 20.2. The number of fused-ring (bicyclic) bond motifs is 1. The van der Waals surface area contributed by atoms with Crippen LogP contribution in [-0.4, -0.2) is 40.3 Å². The second kappa shape index (κ2) is 10.0. The molecule has 4 aromatic rings. The number of ether oxygens (including phenoxy) is 2. The van der Waals surface area contributed by atoms with Crippen molar-refractivity contribution in [1.82, 2.24) is 9.38 Å². The lowest BCUT2D eigenvalue weighted by Crippen LogP contribution is -2.17. The van der Waals surface area contributed by atoms with Gasteiger partial charge in [-0.25, -0.2) is 9.59 Å². The Hall–Kier alpha value is -3.78. The van der Waals surface area contributed by atoms with Crippen LogP contribution in [0.15, 0.2) is 71.3 Å². The van der Waals surface area contributed by atoms with E-state index >= 15 is 0 Å². The number of benzene rings is 1. The second-order valence-electron chi connectivity index (χ2n) is 7.22. The summed E-state index contributed by atoms with van der Waals surface area (Å²) in [5.41, 5.74) is 1.68. The lowest BCUT2D eigenvalue weighted by Gasteiger charge is -2.10. The van der Waals surface area contributed by atoms with Gasteiger partial charge >= 0.3 is 11.9 Å². The molecular weight excluding hydrogens is 500 g/mol. The molecule has 0 bridgehead atoms. The van der Waals surface area contributed by atoms with E-state index in [1.807, 2.05) is 6.07 Å². The molecule has 4 rings (SSSR count). The number of carbonyl (C=O) groups excluding carboxylic acids is 3. The van der Waals surface area contributed by atoms with Gasteiger partial charge in [0, 0.05) is 16.2 Å². The summed E-state index contributed by atoms with van der Waals surface area (Å²) < 4.78 is 12.9. The fourth-order valence-electron chi connectivity index (χ4n) is 3.78. The topological polar surface area (TPSA) is 87.0 Å². The number of nitrogens with zero attached hydrogens (tertiary/aromatic N) is 2. The first-order valence-electron chi connectivity index (χ1n) is 10.7. The van der Waals surface area contributed by atoms with Gasteiger partial charge in [-0.15, -0.1) is 0 Å². The molecule has 0 unspecified atom stereocenters. The molecule has 3 heterocycles. The molecule has 3 aromatic heterocycles. The summed E-state index contributed by atoms with van der Waals surface area (Å²) in [5, 5.41) is 0. The van der Waals surface area contributed by atoms with Crippen molar-refractivity contribution < 1.29 is 23.9 Å². The SMILES string of the molecule is CCOC(=O)c1c(C(=O)OCC)c2cccc(-c3ccccn3)n2c1C(=O)c1ccc(Br)cc1. The summed E-state index contributed by atoms with van der Waals surface area (Å²) in [4.78, 5) is 44.5. The maximum absolute atomic E-state index is 13.9. The first-order valence-corrected chi connectivity index (χ1v) is 11.5. The fraction of sp³-hybridized carbons (Fsp3) is 0.154. The molecule has 0 amide bonds. The van der Waals surface area contributed by atoms with Crippen LogP contribution >= 0.6 is 15.9 Å². The van der Waals surface area contributed by atoms with Gasteiger partial charge < -0.3 is 13.9 Å². The first-order chi connectivity index (χ1) is 16.5. The van der Waals surface area contributed by atoms with E-state index in [1.54, 1.807) is 79.0 Å². The lowest BCUT2D eigenvalue weighted by molar-refractivity contribution is 0.0480. The van der Waals surface area contributed by atoms with E-state index in [4.69, 9.17) is 9.47 Å². The summed E-state index contributed by atoms with van der Waals surface area (Å²) in [6.45, 7) is 3.52. The third-order valence-electron chi connectivity index (χ3n) is 5.16. The van der Waals surface area contributed by atoms with Gasteiger partial charge in [0.05, 0.1) is 30.1 Å². The molecule has 34 heavy (non-hydrogen) atoms. The summed E-state index contributed by atoms with van der Waals surface area (Å²) >= 11 is 3.37. The second-order valence-corrected chi connectivity index (χ2v) is 8.14. The van der Waals surface area contributed by atoms with Gasteiger partial charge in [0.2, 0.25) is 5.78 Å². The Morgan fingerprint density at radius 2 is 1.53 bits per heavy atom. The van der Waals surface area contributed by atoms with Crippen LogP contribution in [0, 0.1) is 0 Å². The number of carbonyl (C=O) groups is 3. The summed E-state index contributed by atoms with van der Waals surface area (Å²) in [6.07, 6.45) is 1.63. The summed E-state index contributed by atoms with van der Waals surface area (Å²) in [7, 11) is 0. The molecule has 172 valence electrons. The van der Waals surface area contributed by atoms with Crippen LogP contribution in [0.5, 0.6) is 0 Å². The van der Waals surface area contributed by atoms with Gasteiger partial charge in [-0.05, 0) is 62.4 Å². The van der Waals surface area contributed by atoms with Crippen LogP contribution in [0.1, 0.15) is 50.6 Å². The number of hydrogen-bond acceptors (Lipinski definition) is 6. The quantitative estimate of drug-likeness (QED) is 0.241. The molecule has 0 aliphatic heterocycles. The van der Waals surface area contributed by atoms with Gasteiger partial charge in [0.15, 0.2) is 0 Å². The standard InChI is InChI=1S/C26H21BrN2O5/c1-3-33-25(31)21-20-10-7-9-19(18-8-5-6-15-28-18)29(20)23(22(21)26(32)34-4-2)24(30)16-11-13-17(27)14-12-16/h5-15H,3-4H2,1-2H3. The smallest absolute Gasteiger partial charge is 0.341 e. The third-order valence-corrected chi connectivity index (χ3v) is 5.69. The zero-order chi connectivity index (χ0) is 24.2. The van der Waals surface area contributed by atoms with Crippen molar-refractivity contribution in [1.29, 1.82) is 0 Å². The van der Waals surface area contributed by atoms with E-state index in [0.29, 0.717) is 22.5 Å². The average molecular weight is 521 g/mol. The van der Waals surface area contributed by atoms with Gasteiger partial charge in [-0.3, -0.25) is 9.78 Å². The van der Waals surface area contributed by atoms with Gasteiger partial charge in [-0.1, -0.05) is 28.1 Å². The summed E-state index contributed by atoms with van der Waals surface area (Å²) in [6, 6.07) is 17.3. The maximum Gasteiger partial charge on any atom is 0.341 e. The van der Waals surface area contributed by atoms with Crippen molar-refractivity contribution in [3.8, 4) is 11.4 Å². The van der Waals surface area contributed by atoms with E-state index in [2.05, 4.69) is 20.9 Å². The molecule has 0 spiro atoms. The van der Waals surface area contributed by atoms with Crippen molar-refractivity contribution in [3.63, 3.8) is 0 Å². The number of ketones is 1. The number of halogens is 1. The minimum atomic E-state index is -0.776. The number of hydrogen-bond donors (Lipinski definition) is 0. The largest absolute Gasteiger partial charge is 0.462 e. The molecule has 0 atom stereocenters. The monoisotopic (exact) mass is 520 g/mol. The Morgan fingerprint density at radius 1 is 0.853 bits per heavy atom. The minimum Gasteiger partial charge on any atom is -0.462 e. The fourth-order valence-corrected chi connectivity index (χ4v) is 4.05. The van der Waals surface area contributed by atoms with Crippen LogP contribution in [-0.2, 0) is 9.47 Å². The van der Waals surface area contributed by atoms with E-state index in [1.165, 1.54) is 0 Å². The van der Waals surface area contributed by atoms with Crippen LogP contribution < -0.4 is 0 Å². The third kappa shape index (κ3) is 4.24. The van der Waals surface area contributed by atoms with Crippen molar-refractivity contribution in [2.24, 2.45) is 0 Å². The maximum atomic E-state index is 13.9. The van der Waals surface area contributed by atoms with E-state index < -0.39 is 17.7 Å². The number of aromatic nitrogens is 2. The zero-order valence-electron chi connectivity index (χ0n) is 18.6. The average Bonchev–Trinajstić information content (AvgIpc) is 3.20. The first kappa shape index (κ1) is 23.4. The number of esters is 2. The minimum absolute atomic E-state index is 0.0140. The molecule has 1 aromatic carbocycles. The Kier molecular flexibility index (Phi) is 6.88. The van der Waals surface area contributed by atoms with Crippen LogP contribution in [0.4, 0.5) is 0 Å². The predicted molar refractivity (Wildman–Crippen MR) is 130 cm³/mol. The van der Waals surface area contributed by atoms with Crippen LogP contribution in [0.25, 0.3) is 16.9 Å². The molecule has 0 N–H and O–H groups in total. The van der Waals surface area contributed by atoms with Crippen molar-refractivity contribution in [2.75, 3.05) is 13.2 Å². The molecule has 0 saturated heterocycles. The predicted octanol–water partition coefficient (Wildman–Crippen LogP) is 5.35. The Bertz CT molecular complexity index is 1380. The van der Waals surface area contributed by atoms with Crippen molar-refractivity contribution in [2.45, 2.75) is 13.8 Å². The molecular formula is C26H21BrN2O5. The molecule has 0 fully saturated rings. The molecule has 0 radical (unpaired) electrons. The summed E-state index contributed by atoms with van der Waals surface area (Å²) in [5.74, 6) is -1.93. The number of rotatable bonds is 7. The lowest BCUT2D eigenvalue weighted by atomic mass is 10.0. The molecule has 0 aliphatic carbocycles. The van der Waals surface area contributed by atoms with Crippen LogP contribution in [0.3, 0.4) is 0 Å². The van der Waals surface area contributed by atoms with Gasteiger partial charge in [-0.2, -0.15) is 0 Å².